The largest absolute Gasteiger partial charge is 0.390 e. The second kappa shape index (κ2) is 5.76. The Balaban J connectivity index is 2.16. The molecule has 0 radical (unpaired) electrons. The summed E-state index contributed by atoms with van der Waals surface area (Å²) < 4.78 is 1.87. The number of aliphatic hydroxyl groups is 1. The third-order valence-electron chi connectivity index (χ3n) is 3.98. The van der Waals surface area contributed by atoms with Crippen LogP contribution in [0.5, 0.6) is 0 Å². The summed E-state index contributed by atoms with van der Waals surface area (Å²) in [5, 5.41) is 18.2. The number of aromatic nitrogens is 3. The molecule has 0 saturated heterocycles. The van der Waals surface area contributed by atoms with Crippen molar-refractivity contribution in [2.24, 2.45) is 0 Å². The molecule has 118 valence electrons. The molecule has 1 aromatic carbocycles. The minimum absolute atomic E-state index is 0.109. The van der Waals surface area contributed by atoms with Gasteiger partial charge in [-0.1, -0.05) is 26.0 Å². The highest BCUT2D eigenvalue weighted by molar-refractivity contribution is 6.28. The summed E-state index contributed by atoms with van der Waals surface area (Å²) in [6, 6.07) is 9.72. The average molecular weight is 329 g/mol. The van der Waals surface area contributed by atoms with E-state index in [0.29, 0.717) is 5.65 Å². The first-order valence-corrected chi connectivity index (χ1v) is 7.60. The molecular weight excluding hydrogens is 312 g/mol. The zero-order valence-corrected chi connectivity index (χ0v) is 13.7. The predicted molar refractivity (Wildman–Crippen MR) is 91.6 cm³/mol. The van der Waals surface area contributed by atoms with Crippen molar-refractivity contribution in [1.29, 1.82) is 5.41 Å². The molecule has 3 aromatic rings. The molecule has 0 fully saturated rings. The van der Waals surface area contributed by atoms with Gasteiger partial charge in [0.1, 0.15) is 5.65 Å². The van der Waals surface area contributed by atoms with Gasteiger partial charge in [0.2, 0.25) is 5.28 Å². The molecule has 0 bridgehead atoms. The summed E-state index contributed by atoms with van der Waals surface area (Å²) in [5.41, 5.74) is 2.99. The van der Waals surface area contributed by atoms with Gasteiger partial charge in [0.25, 0.3) is 0 Å². The first-order valence-electron chi connectivity index (χ1n) is 7.22. The Morgan fingerprint density at radius 1 is 1.30 bits per heavy atom. The smallest absolute Gasteiger partial charge is 0.224 e. The molecule has 3 rings (SSSR count). The SMILES string of the molecule is CC(C)(C=N)c1ccc(-n2c(CO)cc3cnc(Cl)nc32)cc1. The highest BCUT2D eigenvalue weighted by Gasteiger charge is 2.18. The molecule has 5 nitrogen and oxygen atoms in total. The summed E-state index contributed by atoms with van der Waals surface area (Å²) in [5.74, 6) is 0. The molecule has 0 amide bonds. The number of hydrogen-bond acceptors (Lipinski definition) is 4. The van der Waals surface area contributed by atoms with Crippen molar-refractivity contribution in [3.63, 3.8) is 0 Å². The molecule has 6 heteroatoms. The number of benzene rings is 1. The van der Waals surface area contributed by atoms with E-state index in [4.69, 9.17) is 17.0 Å². The number of nitrogens with zero attached hydrogens (tertiary/aromatic N) is 3. The fourth-order valence-corrected chi connectivity index (χ4v) is 2.68. The molecule has 0 atom stereocenters. The van der Waals surface area contributed by atoms with Gasteiger partial charge in [0.05, 0.1) is 12.3 Å². The number of halogens is 1. The van der Waals surface area contributed by atoms with E-state index in [0.717, 1.165) is 22.3 Å². The fraction of sp³-hybridized carbons (Fsp3) is 0.235. The van der Waals surface area contributed by atoms with Crippen molar-refractivity contribution in [3.05, 3.63) is 53.1 Å². The summed E-state index contributed by atoms with van der Waals surface area (Å²) in [7, 11) is 0. The summed E-state index contributed by atoms with van der Waals surface area (Å²) in [4.78, 5) is 8.26. The van der Waals surface area contributed by atoms with Crippen LogP contribution in [-0.4, -0.2) is 25.9 Å². The van der Waals surface area contributed by atoms with Crippen LogP contribution in [0, 0.1) is 5.41 Å². The van der Waals surface area contributed by atoms with Crippen molar-refractivity contribution < 1.29 is 5.11 Å². The molecule has 0 aliphatic rings. The lowest BCUT2D eigenvalue weighted by Gasteiger charge is -2.19. The number of hydrogen-bond donors (Lipinski definition) is 2. The molecule has 2 N–H and O–H groups in total. The van der Waals surface area contributed by atoms with Crippen LogP contribution in [0.15, 0.2) is 36.5 Å². The zero-order chi connectivity index (χ0) is 16.6. The van der Waals surface area contributed by atoms with Crippen LogP contribution in [0.4, 0.5) is 0 Å². The molecular formula is C17H17ClN4O. The molecule has 0 aliphatic heterocycles. The van der Waals surface area contributed by atoms with Gasteiger partial charge in [0, 0.05) is 28.9 Å². The summed E-state index contributed by atoms with van der Waals surface area (Å²) >= 11 is 5.91. The monoisotopic (exact) mass is 328 g/mol. The maximum atomic E-state index is 9.64. The van der Waals surface area contributed by atoms with Gasteiger partial charge < -0.3 is 10.5 Å². The Hall–Kier alpha value is -2.24. The van der Waals surface area contributed by atoms with E-state index in [-0.39, 0.29) is 17.3 Å². The molecule has 2 aromatic heterocycles. The minimum Gasteiger partial charge on any atom is -0.390 e. The molecule has 2 heterocycles. The first kappa shape index (κ1) is 15.6. The van der Waals surface area contributed by atoms with Crippen molar-refractivity contribution in [2.75, 3.05) is 0 Å². The Morgan fingerprint density at radius 3 is 2.61 bits per heavy atom. The quantitative estimate of drug-likeness (QED) is 0.568. The molecule has 0 spiro atoms. The predicted octanol–water partition coefficient (Wildman–Crippen LogP) is 3.49. The van der Waals surface area contributed by atoms with E-state index in [9.17, 15) is 5.11 Å². The highest BCUT2D eigenvalue weighted by atomic mass is 35.5. The maximum Gasteiger partial charge on any atom is 0.224 e. The van der Waals surface area contributed by atoms with Gasteiger partial charge in [0.15, 0.2) is 0 Å². The fourth-order valence-electron chi connectivity index (χ4n) is 2.55. The standard InChI is InChI=1S/C17H17ClN4O/c1-17(2,10-19)12-3-5-13(6-4-12)22-14(9-23)7-11-8-20-16(18)21-15(11)22/h3-8,10,19,23H,9H2,1-2H3. The minimum atomic E-state index is -0.317. The van der Waals surface area contributed by atoms with Gasteiger partial charge in [-0.2, -0.15) is 4.98 Å². The van der Waals surface area contributed by atoms with Crippen LogP contribution in [0.3, 0.4) is 0 Å². The molecule has 23 heavy (non-hydrogen) atoms. The highest BCUT2D eigenvalue weighted by Crippen LogP contribution is 2.26. The number of fused-ring (bicyclic) bond motifs is 1. The Kier molecular flexibility index (Phi) is 3.92. The third-order valence-corrected chi connectivity index (χ3v) is 4.16. The first-order chi connectivity index (χ1) is 11.0. The second-order valence-corrected chi connectivity index (χ2v) is 6.30. The van der Waals surface area contributed by atoms with E-state index in [1.807, 2.05) is 48.7 Å². The third kappa shape index (κ3) is 2.73. The Morgan fingerprint density at radius 2 is 2.00 bits per heavy atom. The van der Waals surface area contributed by atoms with Crippen LogP contribution >= 0.6 is 11.6 Å². The number of nitrogens with one attached hydrogen (secondary N) is 1. The lowest BCUT2D eigenvalue weighted by atomic mass is 9.86. The van der Waals surface area contributed by atoms with Crippen LogP contribution in [0.2, 0.25) is 5.28 Å². The van der Waals surface area contributed by atoms with E-state index in [1.165, 1.54) is 6.21 Å². The van der Waals surface area contributed by atoms with Crippen LogP contribution in [0.1, 0.15) is 25.1 Å². The van der Waals surface area contributed by atoms with E-state index < -0.39 is 0 Å². The van der Waals surface area contributed by atoms with Gasteiger partial charge in [-0.05, 0) is 35.4 Å². The number of rotatable bonds is 4. The number of aliphatic hydroxyl groups excluding tert-OH is 1. The lowest BCUT2D eigenvalue weighted by Crippen LogP contribution is -2.18. The maximum absolute atomic E-state index is 9.64. The van der Waals surface area contributed by atoms with E-state index >= 15 is 0 Å². The summed E-state index contributed by atoms with van der Waals surface area (Å²) in [6.45, 7) is 3.88. The van der Waals surface area contributed by atoms with Gasteiger partial charge in [-0.15, -0.1) is 0 Å². The van der Waals surface area contributed by atoms with Crippen molar-refractivity contribution in [3.8, 4) is 5.69 Å². The van der Waals surface area contributed by atoms with Crippen LogP contribution in [-0.2, 0) is 12.0 Å². The Labute approximate surface area is 139 Å². The van der Waals surface area contributed by atoms with Crippen molar-refractivity contribution in [2.45, 2.75) is 25.9 Å². The topological polar surface area (TPSA) is 74.8 Å². The lowest BCUT2D eigenvalue weighted by molar-refractivity contribution is 0.275. The molecule has 0 aliphatic carbocycles. The average Bonchev–Trinajstić information content (AvgIpc) is 2.92. The van der Waals surface area contributed by atoms with Gasteiger partial charge in [-0.3, -0.25) is 4.57 Å². The molecule has 0 unspecified atom stereocenters. The van der Waals surface area contributed by atoms with E-state index in [2.05, 4.69) is 9.97 Å². The second-order valence-electron chi connectivity index (χ2n) is 5.96. The van der Waals surface area contributed by atoms with Crippen molar-refractivity contribution in [1.82, 2.24) is 14.5 Å². The zero-order valence-electron chi connectivity index (χ0n) is 12.9. The van der Waals surface area contributed by atoms with Crippen LogP contribution < -0.4 is 0 Å². The summed E-state index contributed by atoms with van der Waals surface area (Å²) in [6.07, 6.45) is 3.08. The van der Waals surface area contributed by atoms with Gasteiger partial charge in [-0.25, -0.2) is 4.98 Å². The van der Waals surface area contributed by atoms with Crippen molar-refractivity contribution >= 4 is 28.8 Å². The Bertz CT molecular complexity index is 868. The van der Waals surface area contributed by atoms with Gasteiger partial charge >= 0.3 is 0 Å². The molecule has 0 saturated carbocycles. The van der Waals surface area contributed by atoms with Crippen LogP contribution in [0.25, 0.3) is 16.7 Å². The van der Waals surface area contributed by atoms with E-state index in [1.54, 1.807) is 6.20 Å². The normalized spacial score (nSPS) is 11.8.